The molecule has 2 aromatic heterocycles. The maximum Gasteiger partial charge on any atom is 0.446 e. The van der Waals surface area contributed by atoms with E-state index in [1.54, 1.807) is 18.2 Å². The van der Waals surface area contributed by atoms with E-state index < -0.39 is 35.9 Å². The highest BCUT2D eigenvalue weighted by Crippen LogP contribution is 2.51. The second kappa shape index (κ2) is 8.52. The number of urea groups is 1. The maximum atomic E-state index is 15.0. The third kappa shape index (κ3) is 4.31. The molecule has 2 bridgehead atoms. The molecule has 35 heavy (non-hydrogen) atoms. The smallest absolute Gasteiger partial charge is 0.378 e. The van der Waals surface area contributed by atoms with Crippen LogP contribution in [0.3, 0.4) is 0 Å². The number of ether oxygens (including phenoxy) is 1. The molecule has 6 rings (SSSR count). The summed E-state index contributed by atoms with van der Waals surface area (Å²) in [6.45, 7) is 0.225. The predicted octanol–water partition coefficient (Wildman–Crippen LogP) is 4.99. The number of nitrogens with one attached hydrogen (secondary N) is 3. The summed E-state index contributed by atoms with van der Waals surface area (Å²) in [5.74, 6) is 0.0857. The normalized spacial score (nSPS) is 28.3. The number of carbonyl (C=O) groups excluding carboxylic acids is 1. The molecule has 186 valence electrons. The van der Waals surface area contributed by atoms with Gasteiger partial charge in [-0.3, -0.25) is 0 Å². The van der Waals surface area contributed by atoms with E-state index in [1.165, 1.54) is 0 Å². The molecule has 3 aliphatic heterocycles. The average Bonchev–Trinajstić information content (AvgIpc) is 3.58. The van der Waals surface area contributed by atoms with Crippen LogP contribution in [0, 0.1) is 0 Å². The van der Waals surface area contributed by atoms with E-state index >= 15 is 0 Å². The Hall–Kier alpha value is -2.58. The van der Waals surface area contributed by atoms with Crippen molar-refractivity contribution in [2.75, 3.05) is 11.9 Å². The Morgan fingerprint density at radius 2 is 2.11 bits per heavy atom. The van der Waals surface area contributed by atoms with Gasteiger partial charge >= 0.3 is 11.5 Å². The molecule has 5 atom stereocenters. The summed E-state index contributed by atoms with van der Waals surface area (Å²) in [7, 11) is 0. The van der Waals surface area contributed by atoms with Gasteiger partial charge in [0.2, 0.25) is 5.82 Å². The largest absolute Gasteiger partial charge is 0.446 e. The lowest BCUT2D eigenvalue weighted by Gasteiger charge is -2.33. The molecule has 0 spiro atoms. The van der Waals surface area contributed by atoms with Crippen molar-refractivity contribution < 1.29 is 31.6 Å². The Labute approximate surface area is 204 Å². The van der Waals surface area contributed by atoms with Crippen molar-refractivity contribution in [3.05, 3.63) is 24.1 Å². The van der Waals surface area contributed by atoms with Crippen molar-refractivity contribution in [3.8, 4) is 10.7 Å². The first-order valence-corrected chi connectivity index (χ1v) is 12.6. The van der Waals surface area contributed by atoms with Gasteiger partial charge in [-0.1, -0.05) is 17.3 Å². The quantitative estimate of drug-likeness (QED) is 0.316. The zero-order valence-electron chi connectivity index (χ0n) is 17.9. The Bertz CT molecular complexity index is 1280. The third-order valence-corrected chi connectivity index (χ3v) is 8.56. The van der Waals surface area contributed by atoms with Gasteiger partial charge in [0, 0.05) is 16.8 Å². The molecule has 3 N–H and O–H groups in total. The molecule has 3 saturated heterocycles. The van der Waals surface area contributed by atoms with Crippen LogP contribution >= 0.6 is 23.1 Å². The number of carbonyl (C=O) groups is 1. The van der Waals surface area contributed by atoms with Gasteiger partial charge in [-0.15, -0.1) is 11.3 Å². The van der Waals surface area contributed by atoms with Gasteiger partial charge in [0.25, 0.3) is 5.89 Å². The predicted molar refractivity (Wildman–Crippen MR) is 121 cm³/mol. The number of anilines is 1. The molecule has 8 nitrogen and oxygen atoms in total. The SMILES string of the molecule is O=C1NC[C@H](c2nc(-c3sc4c(N[C@@H]5C[C@H]6CC[C@H](O6)[C@@H]5F)cccc4c3SC(F)(F)F)no2)N1. The van der Waals surface area contributed by atoms with E-state index in [1.807, 2.05) is 0 Å². The first-order valence-electron chi connectivity index (χ1n) is 11.0. The first kappa shape index (κ1) is 22.9. The Balaban J connectivity index is 1.38. The number of nitrogens with zero attached hydrogens (tertiary/aromatic N) is 2. The molecule has 14 heteroatoms. The summed E-state index contributed by atoms with van der Waals surface area (Å²) in [6, 6.07) is 3.51. The number of hydrogen-bond acceptors (Lipinski definition) is 8. The van der Waals surface area contributed by atoms with Crippen molar-refractivity contribution >= 4 is 44.9 Å². The molecule has 0 aliphatic carbocycles. The molecular weight excluding hydrogens is 510 g/mol. The fourth-order valence-electron chi connectivity index (χ4n) is 4.80. The van der Waals surface area contributed by atoms with Crippen LogP contribution in [0.1, 0.15) is 31.2 Å². The molecule has 1 aromatic carbocycles. The van der Waals surface area contributed by atoms with Crippen LogP contribution in [-0.4, -0.2) is 52.6 Å². The zero-order chi connectivity index (χ0) is 24.3. The van der Waals surface area contributed by atoms with Crippen molar-refractivity contribution in [1.29, 1.82) is 0 Å². The number of thioether (sulfide) groups is 1. The highest BCUT2D eigenvalue weighted by molar-refractivity contribution is 8.00. The molecule has 3 aliphatic rings. The second-order valence-corrected chi connectivity index (χ2v) is 10.8. The number of thiophene rings is 1. The van der Waals surface area contributed by atoms with Gasteiger partial charge in [-0.2, -0.15) is 18.2 Å². The number of aromatic nitrogens is 2. The molecule has 3 aromatic rings. The van der Waals surface area contributed by atoms with Gasteiger partial charge < -0.3 is 25.2 Å². The monoisotopic (exact) mass is 529 g/mol. The number of amides is 2. The molecular formula is C21H19F4N5O3S2. The molecule has 3 fully saturated rings. The van der Waals surface area contributed by atoms with Crippen molar-refractivity contribution in [1.82, 2.24) is 20.8 Å². The lowest BCUT2D eigenvalue weighted by atomic mass is 10.0. The summed E-state index contributed by atoms with van der Waals surface area (Å²) in [5.41, 5.74) is -4.00. The van der Waals surface area contributed by atoms with E-state index in [9.17, 15) is 22.4 Å². The van der Waals surface area contributed by atoms with Crippen LogP contribution in [-0.2, 0) is 4.74 Å². The van der Waals surface area contributed by atoms with Crippen LogP contribution in [0.2, 0.25) is 0 Å². The van der Waals surface area contributed by atoms with Gasteiger partial charge in [-0.05, 0) is 37.1 Å². The number of alkyl halides is 4. The highest BCUT2D eigenvalue weighted by atomic mass is 32.2. The lowest BCUT2D eigenvalue weighted by Crippen LogP contribution is -2.44. The van der Waals surface area contributed by atoms with Crippen molar-refractivity contribution in [3.63, 3.8) is 0 Å². The summed E-state index contributed by atoms with van der Waals surface area (Å²) >= 11 is 0.834. The van der Waals surface area contributed by atoms with Crippen LogP contribution in [0.5, 0.6) is 0 Å². The lowest BCUT2D eigenvalue weighted by molar-refractivity contribution is -0.0496. The topological polar surface area (TPSA) is 101 Å². The van der Waals surface area contributed by atoms with Gasteiger partial charge in [0.1, 0.15) is 12.2 Å². The van der Waals surface area contributed by atoms with Gasteiger partial charge in [0.05, 0.1) is 33.5 Å². The van der Waals surface area contributed by atoms with E-state index in [2.05, 4.69) is 26.1 Å². The minimum atomic E-state index is -4.55. The van der Waals surface area contributed by atoms with E-state index in [4.69, 9.17) is 9.26 Å². The zero-order valence-corrected chi connectivity index (χ0v) is 19.5. The standard InChI is InChI=1S/C21H19F4N5O3S2/c22-14-11(6-8-4-5-13(14)32-8)27-10-3-1-2-9-15(10)34-17(16(9)35-21(23,24)25)18-29-19(33-30-18)12-7-26-20(31)28-12/h1-3,8,11-14,27H,4-7H2,(H2,26,28,31)/t8-,11-,12-,13+,14-/m1/s1. The molecule has 0 unspecified atom stereocenters. The third-order valence-electron chi connectivity index (χ3n) is 6.34. The minimum Gasteiger partial charge on any atom is -0.378 e. The van der Waals surface area contributed by atoms with Gasteiger partial charge in [-0.25, -0.2) is 9.18 Å². The number of rotatable bonds is 5. The van der Waals surface area contributed by atoms with Crippen LogP contribution in [0.4, 0.5) is 28.0 Å². The summed E-state index contributed by atoms with van der Waals surface area (Å²) in [4.78, 5) is 15.8. The first-order chi connectivity index (χ1) is 16.7. The number of fused-ring (bicyclic) bond motifs is 3. The van der Waals surface area contributed by atoms with E-state index in [0.717, 1.165) is 17.8 Å². The van der Waals surface area contributed by atoms with Crippen molar-refractivity contribution in [2.24, 2.45) is 0 Å². The Kier molecular flexibility index (Phi) is 5.56. The van der Waals surface area contributed by atoms with Crippen LogP contribution < -0.4 is 16.0 Å². The van der Waals surface area contributed by atoms with Crippen molar-refractivity contribution in [2.45, 2.75) is 60.1 Å². The highest BCUT2D eigenvalue weighted by Gasteiger charge is 2.43. The molecule has 2 amide bonds. The Morgan fingerprint density at radius 1 is 1.26 bits per heavy atom. The average molecular weight is 530 g/mol. The Morgan fingerprint density at radius 3 is 2.89 bits per heavy atom. The number of halogens is 4. The fourth-order valence-corrected chi connectivity index (χ4v) is 6.91. The molecule has 5 heterocycles. The summed E-state index contributed by atoms with van der Waals surface area (Å²) in [5, 5.41) is 12.7. The van der Waals surface area contributed by atoms with Crippen LogP contribution in [0.25, 0.3) is 20.8 Å². The number of hydrogen-bond donors (Lipinski definition) is 3. The van der Waals surface area contributed by atoms with E-state index in [-0.39, 0.29) is 45.9 Å². The summed E-state index contributed by atoms with van der Waals surface area (Å²) < 4.78 is 67.0. The number of benzene rings is 1. The second-order valence-electron chi connectivity index (χ2n) is 8.66. The fraction of sp³-hybridized carbons (Fsp3) is 0.476. The van der Waals surface area contributed by atoms with Crippen LogP contribution in [0.15, 0.2) is 27.6 Å². The maximum absolute atomic E-state index is 15.0. The van der Waals surface area contributed by atoms with Gasteiger partial charge in [0.15, 0.2) is 0 Å². The van der Waals surface area contributed by atoms with E-state index in [0.29, 0.717) is 28.6 Å². The molecule has 0 saturated carbocycles. The minimum absolute atomic E-state index is 0.00692. The molecule has 0 radical (unpaired) electrons. The summed E-state index contributed by atoms with van der Waals surface area (Å²) in [6.07, 6.45) is 0.293.